The molecule has 1 aromatic rings. The number of halogens is 3. The first-order valence-corrected chi connectivity index (χ1v) is 4.41. The minimum absolute atomic E-state index is 0.199. The number of rotatable bonds is 1. The zero-order valence-corrected chi connectivity index (χ0v) is 8.08. The Hall–Kier alpha value is -2.12. The third-order valence-electron chi connectivity index (χ3n) is 2.29. The van der Waals surface area contributed by atoms with E-state index in [0.29, 0.717) is 12.3 Å². The first-order valence-electron chi connectivity index (χ1n) is 4.41. The second kappa shape index (κ2) is 3.44. The largest absolute Gasteiger partial charge is 0.480 e. The summed E-state index contributed by atoms with van der Waals surface area (Å²) in [4.78, 5) is 25.3. The van der Waals surface area contributed by atoms with Crippen molar-refractivity contribution in [2.24, 2.45) is 0 Å². The van der Waals surface area contributed by atoms with Crippen molar-refractivity contribution in [1.82, 2.24) is 4.98 Å². The Balaban J connectivity index is 2.48. The molecule has 0 fully saturated rings. The van der Waals surface area contributed by atoms with E-state index in [0.717, 1.165) is 0 Å². The highest BCUT2D eigenvalue weighted by molar-refractivity contribution is 6.13. The predicted octanol–water partition coefficient (Wildman–Crippen LogP) is 1.22. The summed E-state index contributed by atoms with van der Waals surface area (Å²) in [5.74, 6) is -3.89. The molecule has 1 amide bonds. The Kier molecular flexibility index (Phi) is 2.30. The molecule has 2 N–H and O–H groups in total. The molecule has 2 heterocycles. The molecule has 2 rings (SSSR count). The number of carbonyl (C=O) groups excluding carboxylic acids is 1. The van der Waals surface area contributed by atoms with Gasteiger partial charge in [0.15, 0.2) is 5.92 Å². The van der Waals surface area contributed by atoms with Gasteiger partial charge in [-0.3, -0.25) is 14.6 Å². The standard InChI is InChI=1S/C9H5F3N2O3/c10-9(11,12)3-1-4-6(13-2-3)5(8(16)17)7(15)14-4/h1-2,5H,(H,14,15)(H,16,17). The summed E-state index contributed by atoms with van der Waals surface area (Å²) in [7, 11) is 0. The Morgan fingerprint density at radius 2 is 2.12 bits per heavy atom. The van der Waals surface area contributed by atoms with Crippen LogP contribution >= 0.6 is 0 Å². The van der Waals surface area contributed by atoms with E-state index in [1.54, 1.807) is 0 Å². The molecule has 0 saturated heterocycles. The first kappa shape index (κ1) is 11.4. The van der Waals surface area contributed by atoms with Gasteiger partial charge >= 0.3 is 12.1 Å². The minimum atomic E-state index is -4.59. The van der Waals surface area contributed by atoms with Crippen LogP contribution in [-0.4, -0.2) is 22.0 Å². The van der Waals surface area contributed by atoms with Crippen LogP contribution in [0.3, 0.4) is 0 Å². The molecule has 0 aliphatic carbocycles. The lowest BCUT2D eigenvalue weighted by Gasteiger charge is -2.07. The van der Waals surface area contributed by atoms with Gasteiger partial charge in [-0.1, -0.05) is 0 Å². The number of hydrogen-bond acceptors (Lipinski definition) is 3. The molecule has 0 saturated carbocycles. The highest BCUT2D eigenvalue weighted by Crippen LogP contribution is 2.36. The molecule has 0 radical (unpaired) electrons. The lowest BCUT2D eigenvalue weighted by Crippen LogP contribution is -2.20. The van der Waals surface area contributed by atoms with Crippen LogP contribution in [-0.2, 0) is 15.8 Å². The molecule has 0 spiro atoms. The molecule has 0 aromatic carbocycles. The average Bonchev–Trinajstić information content (AvgIpc) is 2.50. The lowest BCUT2D eigenvalue weighted by molar-refractivity contribution is -0.141. The SMILES string of the molecule is O=C(O)C1C(=O)Nc2cc(C(F)(F)F)cnc21. The van der Waals surface area contributed by atoms with Gasteiger partial charge in [-0.05, 0) is 6.07 Å². The van der Waals surface area contributed by atoms with Crippen molar-refractivity contribution in [1.29, 1.82) is 0 Å². The fraction of sp³-hybridized carbons (Fsp3) is 0.222. The van der Waals surface area contributed by atoms with Crippen molar-refractivity contribution in [3.8, 4) is 0 Å². The van der Waals surface area contributed by atoms with E-state index in [4.69, 9.17) is 5.11 Å². The van der Waals surface area contributed by atoms with Crippen molar-refractivity contribution in [3.05, 3.63) is 23.5 Å². The first-order chi connectivity index (χ1) is 7.80. The van der Waals surface area contributed by atoms with Gasteiger partial charge in [0.1, 0.15) is 0 Å². The molecule has 1 aromatic heterocycles. The monoisotopic (exact) mass is 246 g/mol. The van der Waals surface area contributed by atoms with Crippen molar-refractivity contribution in [3.63, 3.8) is 0 Å². The highest BCUT2D eigenvalue weighted by Gasteiger charge is 2.40. The van der Waals surface area contributed by atoms with Crippen LogP contribution in [0.25, 0.3) is 0 Å². The third kappa shape index (κ3) is 1.81. The van der Waals surface area contributed by atoms with Gasteiger partial charge < -0.3 is 10.4 Å². The van der Waals surface area contributed by atoms with Crippen LogP contribution < -0.4 is 5.32 Å². The number of carboxylic acids is 1. The maximum absolute atomic E-state index is 12.3. The maximum atomic E-state index is 12.3. The van der Waals surface area contributed by atoms with E-state index in [1.807, 2.05) is 0 Å². The molecule has 17 heavy (non-hydrogen) atoms. The van der Waals surface area contributed by atoms with E-state index >= 15 is 0 Å². The summed E-state index contributed by atoms with van der Waals surface area (Å²) in [6.07, 6.45) is -4.08. The second-order valence-corrected chi connectivity index (χ2v) is 3.42. The normalized spacial score (nSPS) is 18.8. The summed E-state index contributed by atoms with van der Waals surface area (Å²) in [6, 6.07) is 0.670. The van der Waals surface area contributed by atoms with Crippen LogP contribution in [0.15, 0.2) is 12.3 Å². The Morgan fingerprint density at radius 1 is 1.47 bits per heavy atom. The van der Waals surface area contributed by atoms with Crippen LogP contribution in [0.2, 0.25) is 0 Å². The summed E-state index contributed by atoms with van der Waals surface area (Å²) in [6.45, 7) is 0. The molecule has 90 valence electrons. The van der Waals surface area contributed by atoms with E-state index in [-0.39, 0.29) is 11.4 Å². The van der Waals surface area contributed by atoms with Crippen LogP contribution in [0, 0.1) is 0 Å². The number of alkyl halides is 3. The van der Waals surface area contributed by atoms with Gasteiger partial charge in [0.25, 0.3) is 0 Å². The number of carbonyl (C=O) groups is 2. The maximum Gasteiger partial charge on any atom is 0.417 e. The van der Waals surface area contributed by atoms with Crippen molar-refractivity contribution in [2.45, 2.75) is 12.1 Å². The fourth-order valence-electron chi connectivity index (χ4n) is 1.52. The van der Waals surface area contributed by atoms with Crippen LogP contribution in [0.1, 0.15) is 17.2 Å². The predicted molar refractivity (Wildman–Crippen MR) is 48.2 cm³/mol. The number of hydrogen-bond donors (Lipinski definition) is 2. The summed E-state index contributed by atoms with van der Waals surface area (Å²) >= 11 is 0. The van der Waals surface area contributed by atoms with Gasteiger partial charge in [0.2, 0.25) is 5.91 Å². The summed E-state index contributed by atoms with van der Waals surface area (Å²) in [5, 5.41) is 10.8. The number of carboxylic acid groups (broad SMARTS) is 1. The smallest absolute Gasteiger partial charge is 0.417 e. The van der Waals surface area contributed by atoms with Gasteiger partial charge in [-0.15, -0.1) is 0 Å². The van der Waals surface area contributed by atoms with Gasteiger partial charge in [-0.25, -0.2) is 0 Å². The molecule has 1 aliphatic heterocycles. The van der Waals surface area contributed by atoms with Gasteiger partial charge in [0.05, 0.1) is 16.9 Å². The molecule has 5 nitrogen and oxygen atoms in total. The number of aliphatic carboxylic acids is 1. The van der Waals surface area contributed by atoms with Gasteiger partial charge in [-0.2, -0.15) is 13.2 Å². The zero-order chi connectivity index (χ0) is 12.8. The topological polar surface area (TPSA) is 79.3 Å². The molecule has 8 heteroatoms. The molecule has 0 bridgehead atoms. The van der Waals surface area contributed by atoms with E-state index in [9.17, 15) is 22.8 Å². The van der Waals surface area contributed by atoms with E-state index in [2.05, 4.69) is 10.3 Å². The van der Waals surface area contributed by atoms with E-state index < -0.39 is 29.5 Å². The molecule has 1 aliphatic rings. The second-order valence-electron chi connectivity index (χ2n) is 3.42. The van der Waals surface area contributed by atoms with Crippen molar-refractivity contribution < 1.29 is 27.9 Å². The van der Waals surface area contributed by atoms with Crippen molar-refractivity contribution in [2.75, 3.05) is 5.32 Å². The number of nitrogens with zero attached hydrogens (tertiary/aromatic N) is 1. The minimum Gasteiger partial charge on any atom is -0.480 e. The van der Waals surface area contributed by atoms with Crippen LogP contribution in [0.4, 0.5) is 18.9 Å². The molecular weight excluding hydrogens is 241 g/mol. The molecule has 1 unspecified atom stereocenters. The summed E-state index contributed by atoms with van der Waals surface area (Å²) in [5.41, 5.74) is -1.45. The Bertz CT molecular complexity index is 513. The quantitative estimate of drug-likeness (QED) is 0.730. The number of aromatic nitrogens is 1. The number of nitrogens with one attached hydrogen (secondary N) is 1. The number of fused-ring (bicyclic) bond motifs is 1. The number of amides is 1. The van der Waals surface area contributed by atoms with Crippen LogP contribution in [0.5, 0.6) is 0 Å². The molecular formula is C9H5F3N2O3. The molecule has 1 atom stereocenters. The summed E-state index contributed by atoms with van der Waals surface area (Å²) < 4.78 is 37.0. The fourth-order valence-corrected chi connectivity index (χ4v) is 1.52. The highest BCUT2D eigenvalue weighted by atomic mass is 19.4. The Labute approximate surface area is 92.3 Å². The Morgan fingerprint density at radius 3 is 2.65 bits per heavy atom. The zero-order valence-electron chi connectivity index (χ0n) is 8.08. The van der Waals surface area contributed by atoms with Crippen molar-refractivity contribution >= 4 is 17.6 Å². The number of anilines is 1. The third-order valence-corrected chi connectivity index (χ3v) is 2.29. The average molecular weight is 246 g/mol. The number of pyridine rings is 1. The van der Waals surface area contributed by atoms with Gasteiger partial charge in [0, 0.05) is 6.20 Å². The lowest BCUT2D eigenvalue weighted by atomic mass is 10.1. The van der Waals surface area contributed by atoms with E-state index in [1.165, 1.54) is 0 Å².